The Labute approximate surface area is 154 Å². The number of rotatable bonds is 6. The van der Waals surface area contributed by atoms with Crippen molar-refractivity contribution in [1.82, 2.24) is 0 Å². The maximum atomic E-state index is 14.0. The average Bonchev–Trinajstić information content (AvgIpc) is 2.54. The van der Waals surface area contributed by atoms with Crippen LogP contribution in [0.4, 0.5) is 17.6 Å². The summed E-state index contributed by atoms with van der Waals surface area (Å²) in [6, 6.07) is 8.96. The number of benzene rings is 2. The number of hydrogen-bond donors (Lipinski definition) is 0. The first-order valence-electron chi connectivity index (χ1n) is 8.10. The Kier molecular flexibility index (Phi) is 6.58. The second-order valence-corrected chi connectivity index (χ2v) is 5.92. The predicted molar refractivity (Wildman–Crippen MR) is 95.3 cm³/mol. The minimum Gasteiger partial charge on any atom is -0.493 e. The van der Waals surface area contributed by atoms with Crippen LogP contribution in [0.2, 0.25) is 0 Å². The molecule has 0 spiro atoms. The summed E-state index contributed by atoms with van der Waals surface area (Å²) in [5.41, 5.74) is 0.262. The number of hydrogen-bond acceptors (Lipinski definition) is 3. The summed E-state index contributed by atoms with van der Waals surface area (Å²) in [4.78, 5) is 0. The van der Waals surface area contributed by atoms with Crippen molar-refractivity contribution >= 4 is 17.3 Å². The fourth-order valence-electron chi connectivity index (χ4n) is 2.42. The third-order valence-electron chi connectivity index (χ3n) is 3.55. The van der Waals surface area contributed by atoms with E-state index in [-0.39, 0.29) is 17.4 Å². The van der Waals surface area contributed by atoms with E-state index in [9.17, 15) is 17.6 Å². The molecule has 0 atom stereocenters. The van der Waals surface area contributed by atoms with E-state index >= 15 is 0 Å². The molecule has 140 valence electrons. The molecule has 2 aromatic carbocycles. The van der Waals surface area contributed by atoms with Crippen LogP contribution in [0, 0.1) is 5.82 Å². The van der Waals surface area contributed by atoms with Crippen molar-refractivity contribution in [2.45, 2.75) is 32.9 Å². The largest absolute Gasteiger partial charge is 0.493 e. The van der Waals surface area contributed by atoms with Gasteiger partial charge in [-0.05, 0) is 31.1 Å². The molecule has 0 unspecified atom stereocenters. The van der Waals surface area contributed by atoms with Gasteiger partial charge < -0.3 is 9.47 Å². The molecule has 2 aromatic rings. The summed E-state index contributed by atoms with van der Waals surface area (Å²) >= 11 is 5.16. The van der Waals surface area contributed by atoms with Crippen molar-refractivity contribution < 1.29 is 27.0 Å². The van der Waals surface area contributed by atoms with Gasteiger partial charge in [-0.2, -0.15) is 13.2 Å². The fourth-order valence-corrected chi connectivity index (χ4v) is 2.66. The molecule has 0 saturated heterocycles. The van der Waals surface area contributed by atoms with E-state index in [0.29, 0.717) is 11.6 Å². The molecule has 0 aliphatic heterocycles. The SMILES string of the molecule is CCCc1ccc(C(=S)Oc2cc(F)c(C(F)(F)F)c(OCC)c2)cc1. The highest BCUT2D eigenvalue weighted by Crippen LogP contribution is 2.40. The van der Waals surface area contributed by atoms with Crippen LogP contribution in [-0.4, -0.2) is 11.7 Å². The molecular formula is C19H18F4O2S. The molecule has 0 radical (unpaired) electrons. The third kappa shape index (κ3) is 4.94. The summed E-state index contributed by atoms with van der Waals surface area (Å²) in [6.45, 7) is 3.53. The molecule has 0 aromatic heterocycles. The van der Waals surface area contributed by atoms with Crippen LogP contribution in [0.15, 0.2) is 36.4 Å². The Morgan fingerprint density at radius 2 is 1.73 bits per heavy atom. The standard InChI is InChI=1S/C19H18F4O2S/c1-3-5-12-6-8-13(9-7-12)18(26)25-14-10-15(20)17(19(21,22)23)16(11-14)24-4-2/h6-11H,3-5H2,1-2H3. The summed E-state index contributed by atoms with van der Waals surface area (Å²) < 4.78 is 63.3. The van der Waals surface area contributed by atoms with Crippen molar-refractivity contribution in [2.24, 2.45) is 0 Å². The summed E-state index contributed by atoms with van der Waals surface area (Å²) in [6.07, 6.45) is -2.94. The van der Waals surface area contributed by atoms with Gasteiger partial charge in [0.2, 0.25) is 0 Å². The van der Waals surface area contributed by atoms with Crippen molar-refractivity contribution in [3.05, 3.63) is 58.9 Å². The van der Waals surface area contributed by atoms with E-state index < -0.39 is 23.3 Å². The Morgan fingerprint density at radius 1 is 1.08 bits per heavy atom. The lowest BCUT2D eigenvalue weighted by Gasteiger charge is -2.16. The van der Waals surface area contributed by atoms with E-state index in [0.717, 1.165) is 24.5 Å². The minimum absolute atomic E-state index is 0.0367. The van der Waals surface area contributed by atoms with Gasteiger partial charge in [0.15, 0.2) is 5.05 Å². The Balaban J connectivity index is 2.27. The summed E-state index contributed by atoms with van der Waals surface area (Å²) in [7, 11) is 0. The fraction of sp³-hybridized carbons (Fsp3) is 0.316. The molecule has 0 bridgehead atoms. The van der Waals surface area contributed by atoms with Crippen LogP contribution in [0.1, 0.15) is 37.0 Å². The highest BCUT2D eigenvalue weighted by Gasteiger charge is 2.38. The van der Waals surface area contributed by atoms with Crippen molar-refractivity contribution in [3.63, 3.8) is 0 Å². The van der Waals surface area contributed by atoms with Gasteiger partial charge in [0.25, 0.3) is 0 Å². The smallest absolute Gasteiger partial charge is 0.422 e. The van der Waals surface area contributed by atoms with E-state index in [1.165, 1.54) is 6.92 Å². The lowest BCUT2D eigenvalue weighted by atomic mass is 10.1. The zero-order valence-electron chi connectivity index (χ0n) is 14.3. The topological polar surface area (TPSA) is 18.5 Å². The second-order valence-electron chi connectivity index (χ2n) is 5.55. The van der Waals surface area contributed by atoms with Gasteiger partial charge in [0.1, 0.15) is 22.9 Å². The first-order chi connectivity index (χ1) is 12.3. The number of alkyl halides is 3. The Hall–Kier alpha value is -2.15. The van der Waals surface area contributed by atoms with Crippen molar-refractivity contribution in [1.29, 1.82) is 0 Å². The van der Waals surface area contributed by atoms with Crippen LogP contribution in [0.25, 0.3) is 0 Å². The zero-order valence-corrected chi connectivity index (χ0v) is 15.1. The highest BCUT2D eigenvalue weighted by molar-refractivity contribution is 7.80. The van der Waals surface area contributed by atoms with Gasteiger partial charge in [0, 0.05) is 17.7 Å². The van der Waals surface area contributed by atoms with Gasteiger partial charge in [0.05, 0.1) is 6.61 Å². The third-order valence-corrected chi connectivity index (χ3v) is 3.87. The monoisotopic (exact) mass is 386 g/mol. The maximum absolute atomic E-state index is 14.0. The predicted octanol–water partition coefficient (Wildman–Crippen LogP) is 5.95. The van der Waals surface area contributed by atoms with E-state index in [2.05, 4.69) is 6.92 Å². The van der Waals surface area contributed by atoms with Crippen LogP contribution in [0.5, 0.6) is 11.5 Å². The molecule has 2 rings (SSSR count). The number of aryl methyl sites for hydroxylation is 1. The lowest BCUT2D eigenvalue weighted by Crippen LogP contribution is -2.13. The molecule has 0 aliphatic carbocycles. The van der Waals surface area contributed by atoms with Crippen LogP contribution >= 0.6 is 12.2 Å². The summed E-state index contributed by atoms with van der Waals surface area (Å²) in [5, 5.41) is 0.0367. The molecular weight excluding hydrogens is 368 g/mol. The summed E-state index contributed by atoms with van der Waals surface area (Å²) in [5.74, 6) is -2.25. The van der Waals surface area contributed by atoms with Crippen LogP contribution in [0.3, 0.4) is 0 Å². The molecule has 7 heteroatoms. The molecule has 26 heavy (non-hydrogen) atoms. The van der Waals surface area contributed by atoms with Crippen molar-refractivity contribution in [3.8, 4) is 11.5 Å². The average molecular weight is 386 g/mol. The Bertz CT molecular complexity index is 770. The van der Waals surface area contributed by atoms with Crippen molar-refractivity contribution in [2.75, 3.05) is 6.61 Å². The maximum Gasteiger partial charge on any atom is 0.422 e. The van der Waals surface area contributed by atoms with Gasteiger partial charge in [-0.15, -0.1) is 0 Å². The molecule has 0 N–H and O–H groups in total. The van der Waals surface area contributed by atoms with Gasteiger partial charge in [-0.1, -0.05) is 37.6 Å². The van der Waals surface area contributed by atoms with E-state index in [4.69, 9.17) is 21.7 Å². The second kappa shape index (κ2) is 8.49. The van der Waals surface area contributed by atoms with Gasteiger partial charge in [-0.3, -0.25) is 0 Å². The number of thiocarbonyl (C=S) groups is 1. The normalized spacial score (nSPS) is 11.3. The molecule has 2 nitrogen and oxygen atoms in total. The van der Waals surface area contributed by atoms with E-state index in [1.807, 2.05) is 12.1 Å². The highest BCUT2D eigenvalue weighted by atomic mass is 32.1. The quantitative estimate of drug-likeness (QED) is 0.451. The lowest BCUT2D eigenvalue weighted by molar-refractivity contribution is -0.141. The first kappa shape index (κ1) is 20.2. The molecule has 0 aliphatic rings. The molecule has 0 saturated carbocycles. The Morgan fingerprint density at radius 3 is 2.27 bits per heavy atom. The van der Waals surface area contributed by atoms with Crippen LogP contribution < -0.4 is 9.47 Å². The van der Waals surface area contributed by atoms with Gasteiger partial charge >= 0.3 is 6.18 Å². The number of halogens is 4. The van der Waals surface area contributed by atoms with E-state index in [1.54, 1.807) is 12.1 Å². The first-order valence-corrected chi connectivity index (χ1v) is 8.51. The zero-order chi connectivity index (χ0) is 19.3. The van der Waals surface area contributed by atoms with Gasteiger partial charge in [-0.25, -0.2) is 4.39 Å². The minimum atomic E-state index is -4.87. The molecule has 0 amide bonds. The molecule has 0 fully saturated rings. The molecule has 0 heterocycles. The number of ether oxygens (including phenoxy) is 2. The van der Waals surface area contributed by atoms with Crippen LogP contribution in [-0.2, 0) is 12.6 Å².